The lowest BCUT2D eigenvalue weighted by Gasteiger charge is -2.03. The average Bonchev–Trinajstić information content (AvgIpc) is 2.08. The lowest BCUT2D eigenvalue weighted by molar-refractivity contribution is 0.101. The number of carbonyl (C=O) groups excluding carboxylic acids is 1. The van der Waals surface area contributed by atoms with Crippen molar-refractivity contribution in [1.29, 1.82) is 5.26 Å². The summed E-state index contributed by atoms with van der Waals surface area (Å²) in [5.41, 5.74) is 1.18. The molecule has 0 aliphatic heterocycles. The number of phenols is 1. The van der Waals surface area contributed by atoms with Crippen LogP contribution in [0.5, 0.6) is 5.75 Å². The molecule has 0 aromatic heterocycles. The van der Waals surface area contributed by atoms with Gasteiger partial charge in [0.15, 0.2) is 5.78 Å². The zero-order chi connectivity index (χ0) is 10.0. The zero-order valence-corrected chi connectivity index (χ0v) is 7.46. The monoisotopic (exact) mass is 175 g/mol. The van der Waals surface area contributed by atoms with E-state index >= 15 is 0 Å². The number of hydrogen-bond acceptors (Lipinski definition) is 3. The number of aromatic hydroxyl groups is 1. The van der Waals surface area contributed by atoms with Crippen LogP contribution >= 0.6 is 0 Å². The molecule has 1 aromatic carbocycles. The van der Waals surface area contributed by atoms with Crippen LogP contribution in [0.15, 0.2) is 12.1 Å². The standard InChI is InChI=1S/C10H9NO2/c1-6-3-8(5-11)9(7(2)12)4-10(6)13/h3-4,13H,1-2H3. The predicted molar refractivity (Wildman–Crippen MR) is 47.6 cm³/mol. The van der Waals surface area contributed by atoms with Crippen molar-refractivity contribution in [3.05, 3.63) is 28.8 Å². The summed E-state index contributed by atoms with van der Waals surface area (Å²) in [6.45, 7) is 3.05. The van der Waals surface area contributed by atoms with Gasteiger partial charge in [0.25, 0.3) is 0 Å². The number of nitrogens with zero attached hydrogens (tertiary/aromatic N) is 1. The maximum Gasteiger partial charge on any atom is 0.161 e. The number of benzene rings is 1. The van der Waals surface area contributed by atoms with Gasteiger partial charge in [-0.25, -0.2) is 0 Å². The third-order valence-electron chi connectivity index (χ3n) is 1.84. The molecule has 1 N–H and O–H groups in total. The summed E-state index contributed by atoms with van der Waals surface area (Å²) in [6, 6.07) is 4.75. The van der Waals surface area contributed by atoms with Gasteiger partial charge in [-0.2, -0.15) is 5.26 Å². The second-order valence-electron chi connectivity index (χ2n) is 2.85. The van der Waals surface area contributed by atoms with Gasteiger partial charge < -0.3 is 5.11 Å². The van der Waals surface area contributed by atoms with Crippen LogP contribution in [0.3, 0.4) is 0 Å². The van der Waals surface area contributed by atoms with Crippen molar-refractivity contribution in [2.24, 2.45) is 0 Å². The largest absolute Gasteiger partial charge is 0.508 e. The van der Waals surface area contributed by atoms with Gasteiger partial charge in [0, 0.05) is 5.56 Å². The summed E-state index contributed by atoms with van der Waals surface area (Å²) in [5, 5.41) is 18.0. The smallest absolute Gasteiger partial charge is 0.161 e. The Bertz CT molecular complexity index is 402. The number of phenolic OH excluding ortho intramolecular Hbond substituents is 1. The number of ketones is 1. The molecule has 0 saturated carbocycles. The third kappa shape index (κ3) is 1.67. The van der Waals surface area contributed by atoms with E-state index in [0.717, 1.165) is 0 Å². The van der Waals surface area contributed by atoms with Crippen molar-refractivity contribution in [3.8, 4) is 11.8 Å². The van der Waals surface area contributed by atoms with Gasteiger partial charge in [0.1, 0.15) is 5.75 Å². The average molecular weight is 175 g/mol. The number of nitriles is 1. The molecular formula is C10H9NO2. The van der Waals surface area contributed by atoms with Crippen molar-refractivity contribution in [1.82, 2.24) is 0 Å². The normalized spacial score (nSPS) is 9.31. The first kappa shape index (κ1) is 9.27. The summed E-state index contributed by atoms with van der Waals surface area (Å²) in [5.74, 6) is -0.170. The van der Waals surface area contributed by atoms with Crippen LogP contribution in [0.1, 0.15) is 28.4 Å². The number of Topliss-reactive ketones (excluding diaryl/α,β-unsaturated/α-hetero) is 1. The molecule has 66 valence electrons. The highest BCUT2D eigenvalue weighted by molar-refractivity contribution is 5.97. The lowest BCUT2D eigenvalue weighted by Crippen LogP contribution is -1.97. The second-order valence-corrected chi connectivity index (χ2v) is 2.85. The fourth-order valence-electron chi connectivity index (χ4n) is 1.08. The molecule has 1 rings (SSSR count). The molecule has 0 heterocycles. The van der Waals surface area contributed by atoms with E-state index in [1.54, 1.807) is 6.92 Å². The number of rotatable bonds is 1. The van der Waals surface area contributed by atoms with E-state index in [-0.39, 0.29) is 17.1 Å². The highest BCUT2D eigenvalue weighted by Crippen LogP contribution is 2.21. The van der Waals surface area contributed by atoms with Gasteiger partial charge >= 0.3 is 0 Å². The van der Waals surface area contributed by atoms with Crippen molar-refractivity contribution in [2.45, 2.75) is 13.8 Å². The molecule has 13 heavy (non-hydrogen) atoms. The molecule has 3 nitrogen and oxygen atoms in total. The van der Waals surface area contributed by atoms with Gasteiger partial charge in [-0.3, -0.25) is 4.79 Å². The van der Waals surface area contributed by atoms with E-state index < -0.39 is 0 Å². The van der Waals surface area contributed by atoms with E-state index in [0.29, 0.717) is 11.1 Å². The highest BCUT2D eigenvalue weighted by atomic mass is 16.3. The molecule has 0 spiro atoms. The minimum absolute atomic E-state index is 0.0456. The maximum atomic E-state index is 11.0. The third-order valence-corrected chi connectivity index (χ3v) is 1.84. The maximum absolute atomic E-state index is 11.0. The fraction of sp³-hybridized carbons (Fsp3) is 0.200. The first-order valence-electron chi connectivity index (χ1n) is 3.81. The summed E-state index contributed by atoms with van der Waals surface area (Å²) in [6.07, 6.45) is 0. The van der Waals surface area contributed by atoms with E-state index in [2.05, 4.69) is 0 Å². The predicted octanol–water partition coefficient (Wildman–Crippen LogP) is 1.77. The number of hydrogen-bond donors (Lipinski definition) is 1. The molecule has 0 saturated heterocycles. The van der Waals surface area contributed by atoms with Crippen molar-refractivity contribution < 1.29 is 9.90 Å². The van der Waals surface area contributed by atoms with Crippen LogP contribution in [-0.4, -0.2) is 10.9 Å². The summed E-state index contributed by atoms with van der Waals surface area (Å²) in [4.78, 5) is 11.0. The van der Waals surface area contributed by atoms with Gasteiger partial charge in [-0.05, 0) is 31.5 Å². The second kappa shape index (κ2) is 3.28. The Hall–Kier alpha value is -1.82. The molecule has 0 fully saturated rings. The Balaban J connectivity index is 3.44. The summed E-state index contributed by atoms with van der Waals surface area (Å²) >= 11 is 0. The fourth-order valence-corrected chi connectivity index (χ4v) is 1.08. The number of aryl methyl sites for hydroxylation is 1. The van der Waals surface area contributed by atoms with Crippen LogP contribution < -0.4 is 0 Å². The Morgan fingerprint density at radius 1 is 1.54 bits per heavy atom. The van der Waals surface area contributed by atoms with Gasteiger partial charge in [0.2, 0.25) is 0 Å². The first-order valence-corrected chi connectivity index (χ1v) is 3.81. The minimum Gasteiger partial charge on any atom is -0.508 e. The van der Waals surface area contributed by atoms with Crippen molar-refractivity contribution in [2.75, 3.05) is 0 Å². The molecule has 0 aliphatic carbocycles. The number of carbonyl (C=O) groups is 1. The summed E-state index contributed by atoms with van der Waals surface area (Å²) in [7, 11) is 0. The molecule has 0 atom stereocenters. The molecule has 0 radical (unpaired) electrons. The van der Waals surface area contributed by atoms with Crippen molar-refractivity contribution >= 4 is 5.78 Å². The molecule has 3 heteroatoms. The Morgan fingerprint density at radius 3 is 2.62 bits per heavy atom. The highest BCUT2D eigenvalue weighted by Gasteiger charge is 2.09. The Morgan fingerprint density at radius 2 is 2.15 bits per heavy atom. The van der Waals surface area contributed by atoms with Crippen LogP contribution in [0.25, 0.3) is 0 Å². The minimum atomic E-state index is -0.216. The molecule has 1 aromatic rings. The summed E-state index contributed by atoms with van der Waals surface area (Å²) < 4.78 is 0. The Kier molecular flexibility index (Phi) is 2.34. The van der Waals surface area contributed by atoms with Gasteiger partial charge in [-0.15, -0.1) is 0 Å². The van der Waals surface area contributed by atoms with Crippen LogP contribution in [0.4, 0.5) is 0 Å². The quantitative estimate of drug-likeness (QED) is 0.661. The molecule has 0 aliphatic rings. The molecule has 0 bridgehead atoms. The molecule has 0 unspecified atom stereocenters. The van der Waals surface area contributed by atoms with E-state index in [1.807, 2.05) is 6.07 Å². The van der Waals surface area contributed by atoms with Crippen LogP contribution in [-0.2, 0) is 0 Å². The topological polar surface area (TPSA) is 61.1 Å². The van der Waals surface area contributed by atoms with Crippen molar-refractivity contribution in [3.63, 3.8) is 0 Å². The van der Waals surface area contributed by atoms with E-state index in [9.17, 15) is 9.90 Å². The first-order chi connectivity index (χ1) is 6.06. The van der Waals surface area contributed by atoms with E-state index in [4.69, 9.17) is 5.26 Å². The Labute approximate surface area is 76.2 Å². The van der Waals surface area contributed by atoms with Crippen LogP contribution in [0, 0.1) is 18.3 Å². The molecular weight excluding hydrogens is 166 g/mol. The lowest BCUT2D eigenvalue weighted by atomic mass is 10.0. The zero-order valence-electron chi connectivity index (χ0n) is 7.46. The van der Waals surface area contributed by atoms with E-state index in [1.165, 1.54) is 19.1 Å². The van der Waals surface area contributed by atoms with Gasteiger partial charge in [-0.1, -0.05) is 0 Å². The van der Waals surface area contributed by atoms with Crippen LogP contribution in [0.2, 0.25) is 0 Å². The van der Waals surface area contributed by atoms with Gasteiger partial charge in [0.05, 0.1) is 11.6 Å². The molecule has 0 amide bonds. The SMILES string of the molecule is CC(=O)c1cc(O)c(C)cc1C#N.